The molecule has 1 unspecified atom stereocenters. The predicted octanol–water partition coefficient (Wildman–Crippen LogP) is 4.10. The van der Waals surface area contributed by atoms with Crippen LogP contribution in [0.4, 0.5) is 4.39 Å². The number of carbonyl (C=O) groups excluding carboxylic acids is 1. The van der Waals surface area contributed by atoms with Crippen molar-refractivity contribution in [3.05, 3.63) is 64.4 Å². The second-order valence-electron chi connectivity index (χ2n) is 5.24. The number of nitrogens with one attached hydrogen (secondary N) is 1. The van der Waals surface area contributed by atoms with E-state index in [1.807, 2.05) is 24.3 Å². The van der Waals surface area contributed by atoms with Crippen LogP contribution in [0.5, 0.6) is 5.75 Å². The summed E-state index contributed by atoms with van der Waals surface area (Å²) in [5, 5.41) is 2.85. The summed E-state index contributed by atoms with van der Waals surface area (Å²) in [5.41, 5.74) is 1.06. The minimum absolute atomic E-state index is 0.146. The second kappa shape index (κ2) is 8.67. The van der Waals surface area contributed by atoms with Gasteiger partial charge < -0.3 is 10.1 Å². The maximum Gasteiger partial charge on any atom is 0.260 e. The Labute approximate surface area is 144 Å². The van der Waals surface area contributed by atoms with Gasteiger partial charge in [-0.1, -0.05) is 28.1 Å². The Hall–Kier alpha value is -1.88. The average Bonchev–Trinajstić information content (AvgIpc) is 2.55. The van der Waals surface area contributed by atoms with Crippen LogP contribution in [-0.2, 0) is 11.2 Å². The van der Waals surface area contributed by atoms with Gasteiger partial charge in [0, 0.05) is 11.0 Å². The number of hydrogen-bond acceptors (Lipinski definition) is 2. The molecule has 2 rings (SSSR count). The molecule has 0 aliphatic rings. The summed E-state index contributed by atoms with van der Waals surface area (Å²) in [6.45, 7) is 2.28. The summed E-state index contributed by atoms with van der Waals surface area (Å²) < 4.78 is 19.3. The van der Waals surface area contributed by atoms with Gasteiger partial charge in [0.15, 0.2) is 6.10 Å². The van der Waals surface area contributed by atoms with Crippen molar-refractivity contribution in [2.45, 2.75) is 25.9 Å². The zero-order chi connectivity index (χ0) is 16.7. The zero-order valence-electron chi connectivity index (χ0n) is 12.9. The number of halogens is 2. The van der Waals surface area contributed by atoms with Crippen LogP contribution >= 0.6 is 15.9 Å². The van der Waals surface area contributed by atoms with Gasteiger partial charge >= 0.3 is 0 Å². The molecule has 23 heavy (non-hydrogen) atoms. The summed E-state index contributed by atoms with van der Waals surface area (Å²) in [6, 6.07) is 13.8. The van der Waals surface area contributed by atoms with Gasteiger partial charge in [-0.05, 0) is 61.7 Å². The molecule has 2 aromatic carbocycles. The fraction of sp³-hybridized carbons (Fsp3) is 0.278. The van der Waals surface area contributed by atoms with Crippen molar-refractivity contribution >= 4 is 21.8 Å². The smallest absolute Gasteiger partial charge is 0.260 e. The Balaban J connectivity index is 1.69. The van der Waals surface area contributed by atoms with Crippen molar-refractivity contribution < 1.29 is 13.9 Å². The molecule has 122 valence electrons. The molecule has 0 aliphatic carbocycles. The van der Waals surface area contributed by atoms with Crippen LogP contribution in [0.15, 0.2) is 53.0 Å². The van der Waals surface area contributed by atoms with Crippen molar-refractivity contribution in [2.24, 2.45) is 0 Å². The molecule has 2 aromatic rings. The van der Waals surface area contributed by atoms with Crippen LogP contribution in [0.2, 0.25) is 0 Å². The lowest BCUT2D eigenvalue weighted by Crippen LogP contribution is -2.36. The molecule has 0 bridgehead atoms. The van der Waals surface area contributed by atoms with Gasteiger partial charge in [0.25, 0.3) is 5.91 Å². The lowest BCUT2D eigenvalue weighted by atomic mass is 10.1. The topological polar surface area (TPSA) is 38.3 Å². The molecule has 0 radical (unpaired) electrons. The third-order valence-electron chi connectivity index (χ3n) is 3.35. The van der Waals surface area contributed by atoms with Crippen LogP contribution in [0.25, 0.3) is 0 Å². The fourth-order valence-corrected chi connectivity index (χ4v) is 2.33. The van der Waals surface area contributed by atoms with E-state index in [4.69, 9.17) is 4.74 Å². The van der Waals surface area contributed by atoms with E-state index in [1.54, 1.807) is 19.1 Å². The highest BCUT2D eigenvalue weighted by atomic mass is 79.9. The van der Waals surface area contributed by atoms with E-state index >= 15 is 0 Å². The maximum absolute atomic E-state index is 12.8. The van der Waals surface area contributed by atoms with E-state index in [2.05, 4.69) is 21.2 Å². The Bertz CT molecular complexity index is 628. The molecule has 0 saturated carbocycles. The van der Waals surface area contributed by atoms with Gasteiger partial charge in [0.2, 0.25) is 0 Å². The van der Waals surface area contributed by atoms with E-state index in [-0.39, 0.29) is 11.7 Å². The highest BCUT2D eigenvalue weighted by Crippen LogP contribution is 2.17. The molecular weight excluding hydrogens is 361 g/mol. The van der Waals surface area contributed by atoms with Gasteiger partial charge in [-0.2, -0.15) is 0 Å². The van der Waals surface area contributed by atoms with Crippen LogP contribution in [0, 0.1) is 5.82 Å². The highest BCUT2D eigenvalue weighted by Gasteiger charge is 2.13. The number of benzene rings is 2. The summed E-state index contributed by atoms with van der Waals surface area (Å²) in [4.78, 5) is 12.0. The van der Waals surface area contributed by atoms with E-state index in [9.17, 15) is 9.18 Å². The van der Waals surface area contributed by atoms with Crippen molar-refractivity contribution in [2.75, 3.05) is 6.54 Å². The Morgan fingerprint density at radius 3 is 2.48 bits per heavy atom. The predicted molar refractivity (Wildman–Crippen MR) is 92.0 cm³/mol. The van der Waals surface area contributed by atoms with Crippen LogP contribution in [0.3, 0.4) is 0 Å². The Morgan fingerprint density at radius 2 is 1.83 bits per heavy atom. The van der Waals surface area contributed by atoms with Crippen molar-refractivity contribution in [1.29, 1.82) is 0 Å². The average molecular weight is 380 g/mol. The molecule has 3 nitrogen and oxygen atoms in total. The van der Waals surface area contributed by atoms with Crippen LogP contribution < -0.4 is 10.1 Å². The first-order valence-electron chi connectivity index (χ1n) is 7.49. The van der Waals surface area contributed by atoms with E-state index in [1.165, 1.54) is 12.1 Å². The quantitative estimate of drug-likeness (QED) is 0.735. The van der Waals surface area contributed by atoms with Gasteiger partial charge in [0.05, 0.1) is 0 Å². The first-order chi connectivity index (χ1) is 11.0. The number of amides is 1. The summed E-state index contributed by atoms with van der Waals surface area (Å²) in [6.07, 6.45) is 1.03. The standard InChI is InChI=1S/C18H19BrFNO2/c1-13(23-17-10-6-15(19)7-11-17)18(22)21-12-2-3-14-4-8-16(20)9-5-14/h4-11,13H,2-3,12H2,1H3,(H,21,22). The molecule has 1 N–H and O–H groups in total. The molecule has 0 aromatic heterocycles. The number of carbonyl (C=O) groups is 1. The van der Waals surface area contributed by atoms with Crippen LogP contribution in [0.1, 0.15) is 18.9 Å². The molecule has 1 atom stereocenters. The Morgan fingerprint density at radius 1 is 1.17 bits per heavy atom. The maximum atomic E-state index is 12.8. The molecule has 0 saturated heterocycles. The normalized spacial score (nSPS) is 11.8. The van der Waals surface area contributed by atoms with Crippen molar-refractivity contribution in [3.63, 3.8) is 0 Å². The van der Waals surface area contributed by atoms with Crippen LogP contribution in [-0.4, -0.2) is 18.6 Å². The summed E-state index contributed by atoms with van der Waals surface area (Å²) in [5.74, 6) is 0.273. The van der Waals surface area contributed by atoms with Gasteiger partial charge in [-0.25, -0.2) is 4.39 Å². The fourth-order valence-electron chi connectivity index (χ4n) is 2.07. The van der Waals surface area contributed by atoms with E-state index in [0.717, 1.165) is 22.9 Å². The minimum Gasteiger partial charge on any atom is -0.481 e. The first kappa shape index (κ1) is 17.5. The molecule has 1 amide bonds. The number of aryl methyl sites for hydroxylation is 1. The Kier molecular flexibility index (Phi) is 6.59. The molecular formula is C18H19BrFNO2. The lowest BCUT2D eigenvalue weighted by molar-refractivity contribution is -0.127. The largest absolute Gasteiger partial charge is 0.481 e. The number of hydrogen-bond donors (Lipinski definition) is 1. The van der Waals surface area contributed by atoms with E-state index in [0.29, 0.717) is 12.3 Å². The van der Waals surface area contributed by atoms with Gasteiger partial charge in [0.1, 0.15) is 11.6 Å². The third kappa shape index (κ3) is 6.02. The number of rotatable bonds is 7. The molecule has 0 spiro atoms. The second-order valence-corrected chi connectivity index (χ2v) is 6.15. The van der Waals surface area contributed by atoms with Gasteiger partial charge in [-0.15, -0.1) is 0 Å². The van der Waals surface area contributed by atoms with Crippen molar-refractivity contribution in [3.8, 4) is 5.75 Å². The van der Waals surface area contributed by atoms with Crippen molar-refractivity contribution in [1.82, 2.24) is 5.32 Å². The van der Waals surface area contributed by atoms with Gasteiger partial charge in [-0.3, -0.25) is 4.79 Å². The summed E-state index contributed by atoms with van der Waals surface area (Å²) in [7, 11) is 0. The summed E-state index contributed by atoms with van der Waals surface area (Å²) >= 11 is 3.35. The first-order valence-corrected chi connectivity index (χ1v) is 8.28. The third-order valence-corrected chi connectivity index (χ3v) is 3.88. The lowest BCUT2D eigenvalue weighted by Gasteiger charge is -2.14. The molecule has 5 heteroatoms. The molecule has 0 aliphatic heterocycles. The van der Waals surface area contributed by atoms with E-state index < -0.39 is 6.10 Å². The molecule has 0 fully saturated rings. The minimum atomic E-state index is -0.554. The molecule has 0 heterocycles. The highest BCUT2D eigenvalue weighted by molar-refractivity contribution is 9.10. The zero-order valence-corrected chi connectivity index (χ0v) is 14.5. The monoisotopic (exact) mass is 379 g/mol. The number of ether oxygens (including phenoxy) is 1. The SMILES string of the molecule is CC(Oc1ccc(Br)cc1)C(=O)NCCCc1ccc(F)cc1.